The SMILES string of the molecule is CCCC[C@H](O)/C=C\C/C=C\C/C=C\C/C=C\CCCC(=O)O[C@H]1CC[C@@]2(C)C(=CC[C@H]3[C@@H]4CC[C@H]([C@H](C)CCCC(C)C)[C@@]4(C)CC[C@@H]32)C1. The van der Waals surface area contributed by atoms with Crippen LogP contribution in [0.4, 0.5) is 0 Å². The van der Waals surface area contributed by atoms with E-state index in [-0.39, 0.29) is 18.2 Å². The van der Waals surface area contributed by atoms with Gasteiger partial charge < -0.3 is 9.84 Å². The highest BCUT2D eigenvalue weighted by molar-refractivity contribution is 5.69. The molecule has 0 aromatic carbocycles. The van der Waals surface area contributed by atoms with Gasteiger partial charge in [0.25, 0.3) is 0 Å². The van der Waals surface area contributed by atoms with Crippen molar-refractivity contribution < 1.29 is 14.6 Å². The number of hydrogen-bond donors (Lipinski definition) is 1. The lowest BCUT2D eigenvalue weighted by Crippen LogP contribution is -2.51. The quantitative estimate of drug-likeness (QED) is 0.0787. The number of unbranched alkanes of at least 4 members (excludes halogenated alkanes) is 2. The van der Waals surface area contributed by atoms with Crippen molar-refractivity contribution >= 4 is 5.97 Å². The summed E-state index contributed by atoms with van der Waals surface area (Å²) in [5.41, 5.74) is 2.46. The van der Waals surface area contributed by atoms with Gasteiger partial charge in [-0.2, -0.15) is 0 Å². The van der Waals surface area contributed by atoms with Gasteiger partial charge in [-0.25, -0.2) is 0 Å². The lowest BCUT2D eigenvalue weighted by Gasteiger charge is -2.58. The molecule has 0 unspecified atom stereocenters. The number of esters is 1. The minimum Gasteiger partial charge on any atom is -0.462 e. The second-order valence-corrected chi connectivity index (χ2v) is 17.8. The van der Waals surface area contributed by atoms with Gasteiger partial charge in [-0.1, -0.05) is 134 Å². The summed E-state index contributed by atoms with van der Waals surface area (Å²) in [5.74, 6) is 5.15. The van der Waals surface area contributed by atoms with Crippen LogP contribution in [0.5, 0.6) is 0 Å². The van der Waals surface area contributed by atoms with Crippen molar-refractivity contribution in [2.45, 2.75) is 182 Å². The van der Waals surface area contributed by atoms with Crippen LogP contribution in [-0.2, 0) is 9.53 Å². The average Bonchev–Trinajstić information content (AvgIpc) is 3.44. The maximum absolute atomic E-state index is 12.8. The number of rotatable bonds is 20. The predicted molar refractivity (Wildman–Crippen MR) is 213 cm³/mol. The molecule has 0 aromatic heterocycles. The van der Waals surface area contributed by atoms with Gasteiger partial charge in [-0.3, -0.25) is 4.79 Å². The molecule has 9 atom stereocenters. The second kappa shape index (κ2) is 20.4. The van der Waals surface area contributed by atoms with Gasteiger partial charge >= 0.3 is 5.97 Å². The molecule has 4 aliphatic rings. The summed E-state index contributed by atoms with van der Waals surface area (Å²) in [4.78, 5) is 12.8. The third-order valence-corrected chi connectivity index (χ3v) is 13.8. The van der Waals surface area contributed by atoms with Crippen molar-refractivity contribution in [1.29, 1.82) is 0 Å². The molecule has 1 N–H and O–H groups in total. The molecule has 3 nitrogen and oxygen atoms in total. The lowest BCUT2D eigenvalue weighted by molar-refractivity contribution is -0.151. The van der Waals surface area contributed by atoms with Crippen LogP contribution >= 0.6 is 0 Å². The Labute approximate surface area is 308 Å². The van der Waals surface area contributed by atoms with Crippen LogP contribution < -0.4 is 0 Å². The molecule has 0 amide bonds. The fourth-order valence-electron chi connectivity index (χ4n) is 10.9. The Morgan fingerprint density at radius 3 is 2.30 bits per heavy atom. The number of hydrogen-bond acceptors (Lipinski definition) is 3. The minimum atomic E-state index is -0.302. The Hall–Kier alpha value is -1.87. The molecule has 0 bridgehead atoms. The molecule has 0 radical (unpaired) electrons. The van der Waals surface area contributed by atoms with Crippen molar-refractivity contribution in [3.05, 3.63) is 60.3 Å². The largest absolute Gasteiger partial charge is 0.462 e. The molecule has 3 fully saturated rings. The summed E-state index contributed by atoms with van der Waals surface area (Å²) >= 11 is 0. The fourth-order valence-corrected chi connectivity index (χ4v) is 10.9. The van der Waals surface area contributed by atoms with Crippen LogP contribution in [0.3, 0.4) is 0 Å². The molecule has 4 aliphatic carbocycles. The summed E-state index contributed by atoms with van der Waals surface area (Å²) in [6.45, 7) is 14.7. The highest BCUT2D eigenvalue weighted by atomic mass is 16.5. The first kappa shape index (κ1) is 40.9. The molecule has 0 aliphatic heterocycles. The van der Waals surface area contributed by atoms with E-state index < -0.39 is 0 Å². The van der Waals surface area contributed by atoms with E-state index in [9.17, 15) is 9.90 Å². The van der Waals surface area contributed by atoms with E-state index in [0.29, 0.717) is 17.3 Å². The molecule has 0 aromatic rings. The number of aliphatic hydroxyl groups is 1. The van der Waals surface area contributed by atoms with Crippen molar-refractivity contribution in [1.82, 2.24) is 0 Å². The van der Waals surface area contributed by atoms with Gasteiger partial charge in [0.1, 0.15) is 6.10 Å². The molecular weight excluding hydrogens is 613 g/mol. The number of carbonyl (C=O) groups is 1. The molecule has 282 valence electrons. The average molecular weight is 689 g/mol. The van der Waals surface area contributed by atoms with Gasteiger partial charge in [0, 0.05) is 12.8 Å². The summed E-state index contributed by atoms with van der Waals surface area (Å²) in [5, 5.41) is 9.83. The van der Waals surface area contributed by atoms with Crippen molar-refractivity contribution in [2.24, 2.45) is 46.3 Å². The van der Waals surface area contributed by atoms with E-state index in [1.165, 1.54) is 57.8 Å². The maximum Gasteiger partial charge on any atom is 0.306 e. The summed E-state index contributed by atoms with van der Waals surface area (Å²) in [6.07, 6.45) is 41.9. The van der Waals surface area contributed by atoms with Crippen LogP contribution in [0.2, 0.25) is 0 Å². The number of carbonyl (C=O) groups excluding carboxylic acids is 1. The Morgan fingerprint density at radius 1 is 0.860 bits per heavy atom. The lowest BCUT2D eigenvalue weighted by atomic mass is 9.47. The molecule has 0 saturated heterocycles. The molecule has 3 heteroatoms. The van der Waals surface area contributed by atoms with Gasteiger partial charge in [0.2, 0.25) is 0 Å². The first-order chi connectivity index (χ1) is 24.1. The predicted octanol–water partition coefficient (Wildman–Crippen LogP) is 13.1. The van der Waals surface area contributed by atoms with Gasteiger partial charge in [-0.15, -0.1) is 0 Å². The number of aliphatic hydroxyl groups excluding tert-OH is 1. The molecule has 0 spiro atoms. The monoisotopic (exact) mass is 689 g/mol. The third kappa shape index (κ3) is 11.3. The standard InChI is InChI=1S/C47H76O3/c1-7-8-24-39(48)25-19-17-15-13-11-9-10-12-14-16-18-20-26-45(49)50-40-31-33-46(5)38(35-40)27-28-41-43-30-29-42(37(4)23-21-22-36(2)3)47(43,6)34-32-44(41)46/h9-10,13-16,19,25,27,36-37,39-44,48H,7-8,11-12,17-18,20-24,26,28-35H2,1-6H3/b10-9-,15-13-,16-14-,25-19-/t37-,39+,40+,41+,42-,43+,44+,46+,47-/m1/s1. The summed E-state index contributed by atoms with van der Waals surface area (Å²) in [7, 11) is 0. The van der Waals surface area contributed by atoms with Crippen molar-refractivity contribution in [2.75, 3.05) is 0 Å². The highest BCUT2D eigenvalue weighted by Crippen LogP contribution is 2.67. The van der Waals surface area contributed by atoms with Crippen LogP contribution in [0.15, 0.2) is 60.3 Å². The number of allylic oxidation sites excluding steroid dienone is 8. The van der Waals surface area contributed by atoms with E-state index in [0.717, 1.165) is 99.7 Å². The van der Waals surface area contributed by atoms with Crippen LogP contribution in [0, 0.1) is 46.3 Å². The maximum atomic E-state index is 12.8. The topological polar surface area (TPSA) is 46.5 Å². The Balaban J connectivity index is 1.12. The Morgan fingerprint density at radius 2 is 1.58 bits per heavy atom. The van der Waals surface area contributed by atoms with E-state index >= 15 is 0 Å². The zero-order valence-electron chi connectivity index (χ0n) is 33.2. The zero-order valence-corrected chi connectivity index (χ0v) is 33.2. The van der Waals surface area contributed by atoms with E-state index in [1.807, 2.05) is 6.08 Å². The van der Waals surface area contributed by atoms with Gasteiger partial charge in [0.15, 0.2) is 0 Å². The molecule has 3 saturated carbocycles. The fraction of sp³-hybridized carbons (Fsp3) is 0.766. The Kier molecular flexibility index (Phi) is 16.7. The number of fused-ring (bicyclic) bond motifs is 5. The van der Waals surface area contributed by atoms with E-state index in [1.54, 1.807) is 5.57 Å². The van der Waals surface area contributed by atoms with E-state index in [4.69, 9.17) is 4.74 Å². The second-order valence-electron chi connectivity index (χ2n) is 17.8. The minimum absolute atomic E-state index is 0.00812. The first-order valence-corrected chi connectivity index (χ1v) is 21.3. The van der Waals surface area contributed by atoms with Gasteiger partial charge in [-0.05, 0) is 130 Å². The van der Waals surface area contributed by atoms with Crippen LogP contribution in [0.1, 0.15) is 170 Å². The van der Waals surface area contributed by atoms with Gasteiger partial charge in [0.05, 0.1) is 6.10 Å². The zero-order chi connectivity index (χ0) is 36.0. The molecular formula is C47H76O3. The van der Waals surface area contributed by atoms with Crippen molar-refractivity contribution in [3.63, 3.8) is 0 Å². The summed E-state index contributed by atoms with van der Waals surface area (Å²) in [6, 6.07) is 0. The molecule has 0 heterocycles. The van der Waals surface area contributed by atoms with E-state index in [2.05, 4.69) is 90.2 Å². The normalized spacial score (nSPS) is 32.5. The molecule has 4 rings (SSSR count). The first-order valence-electron chi connectivity index (χ1n) is 21.3. The Bertz CT molecular complexity index is 1170. The smallest absolute Gasteiger partial charge is 0.306 e. The summed E-state index contributed by atoms with van der Waals surface area (Å²) < 4.78 is 6.09. The number of ether oxygens (including phenoxy) is 1. The van der Waals surface area contributed by atoms with Crippen molar-refractivity contribution in [3.8, 4) is 0 Å². The van der Waals surface area contributed by atoms with Crippen LogP contribution in [0.25, 0.3) is 0 Å². The van der Waals surface area contributed by atoms with Crippen LogP contribution in [-0.4, -0.2) is 23.3 Å². The highest BCUT2D eigenvalue weighted by Gasteiger charge is 2.59. The third-order valence-electron chi connectivity index (χ3n) is 13.8. The molecule has 50 heavy (non-hydrogen) atoms.